The zero-order valence-electron chi connectivity index (χ0n) is 14.7. The Hall–Kier alpha value is -1.91. The van der Waals surface area contributed by atoms with Crippen molar-refractivity contribution in [3.05, 3.63) is 30.2 Å². The van der Waals surface area contributed by atoms with Crippen molar-refractivity contribution in [2.24, 2.45) is 11.3 Å². The van der Waals surface area contributed by atoms with Crippen LogP contribution in [0.4, 0.5) is 0 Å². The van der Waals surface area contributed by atoms with Crippen LogP contribution in [0.3, 0.4) is 0 Å². The maximum atomic E-state index is 13.1. The fourth-order valence-corrected chi connectivity index (χ4v) is 3.72. The first-order chi connectivity index (χ1) is 10.7. The summed E-state index contributed by atoms with van der Waals surface area (Å²) in [4.78, 5) is 19.4. The number of nitrogens with zero attached hydrogens (tertiary/aromatic N) is 4. The van der Waals surface area contributed by atoms with Gasteiger partial charge in [-0.15, -0.1) is 0 Å². The molecule has 0 radical (unpaired) electrons. The summed E-state index contributed by atoms with van der Waals surface area (Å²) in [6, 6.07) is 1.81. The normalized spacial score (nSPS) is 21.1. The highest BCUT2D eigenvalue weighted by molar-refractivity contribution is 6.00. The number of carbonyl (C=O) groups excluding carboxylic acids is 1. The lowest BCUT2D eigenvalue weighted by Gasteiger charge is -2.38. The number of rotatable bonds is 2. The quantitative estimate of drug-likeness (QED) is 0.853. The number of hydrogen-bond acceptors (Lipinski definition) is 3. The average Bonchev–Trinajstić information content (AvgIpc) is 2.99. The maximum Gasteiger partial charge on any atom is 0.259 e. The molecular weight excluding hydrogens is 288 g/mol. The highest BCUT2D eigenvalue weighted by Gasteiger charge is 2.45. The lowest BCUT2D eigenvalue weighted by molar-refractivity contribution is 0.0572. The van der Waals surface area contributed by atoms with Crippen LogP contribution < -0.4 is 0 Å². The van der Waals surface area contributed by atoms with Gasteiger partial charge in [0.25, 0.3) is 5.91 Å². The van der Waals surface area contributed by atoms with Gasteiger partial charge in [0.05, 0.1) is 6.20 Å². The number of likely N-dealkylation sites (tertiary alicyclic amines) is 1. The third-order valence-electron chi connectivity index (χ3n) is 5.01. The Balaban J connectivity index is 1.88. The van der Waals surface area contributed by atoms with Crippen LogP contribution in [0.25, 0.3) is 5.65 Å². The fraction of sp³-hybridized carbons (Fsp3) is 0.611. The lowest BCUT2D eigenvalue weighted by Crippen LogP contribution is -2.46. The molecule has 3 heterocycles. The molecule has 1 amide bonds. The number of aromatic nitrogens is 3. The Kier molecular flexibility index (Phi) is 3.69. The van der Waals surface area contributed by atoms with Gasteiger partial charge in [0.1, 0.15) is 5.56 Å². The third-order valence-corrected chi connectivity index (χ3v) is 5.01. The van der Waals surface area contributed by atoms with Crippen LogP contribution in [0.15, 0.2) is 24.7 Å². The molecule has 124 valence electrons. The summed E-state index contributed by atoms with van der Waals surface area (Å²) in [5.74, 6) is 0.557. The molecule has 1 saturated heterocycles. The minimum absolute atomic E-state index is 0.0418. The van der Waals surface area contributed by atoms with Crippen molar-refractivity contribution < 1.29 is 4.79 Å². The van der Waals surface area contributed by atoms with Gasteiger partial charge in [-0.25, -0.2) is 9.50 Å². The van der Waals surface area contributed by atoms with Gasteiger partial charge < -0.3 is 4.90 Å². The summed E-state index contributed by atoms with van der Waals surface area (Å²) in [6.45, 7) is 12.0. The summed E-state index contributed by atoms with van der Waals surface area (Å²) < 4.78 is 1.66. The molecule has 5 heteroatoms. The topological polar surface area (TPSA) is 50.5 Å². The highest BCUT2D eigenvalue weighted by Crippen LogP contribution is 2.42. The second-order valence-electron chi connectivity index (χ2n) is 8.31. The molecule has 23 heavy (non-hydrogen) atoms. The van der Waals surface area contributed by atoms with Gasteiger partial charge in [-0.2, -0.15) is 5.10 Å². The zero-order chi connectivity index (χ0) is 16.8. The van der Waals surface area contributed by atoms with E-state index in [1.165, 1.54) is 0 Å². The van der Waals surface area contributed by atoms with Crippen LogP contribution in [0.2, 0.25) is 0 Å². The first-order valence-corrected chi connectivity index (χ1v) is 8.30. The van der Waals surface area contributed by atoms with Gasteiger partial charge >= 0.3 is 0 Å². The monoisotopic (exact) mass is 314 g/mol. The van der Waals surface area contributed by atoms with E-state index in [4.69, 9.17) is 0 Å². The van der Waals surface area contributed by atoms with Gasteiger partial charge in [-0.05, 0) is 44.1 Å². The van der Waals surface area contributed by atoms with Gasteiger partial charge in [0, 0.05) is 24.5 Å². The second kappa shape index (κ2) is 5.32. The zero-order valence-corrected chi connectivity index (χ0v) is 14.7. The van der Waals surface area contributed by atoms with Crippen molar-refractivity contribution in [2.75, 3.05) is 6.54 Å². The molecule has 1 aliphatic heterocycles. The highest BCUT2D eigenvalue weighted by atomic mass is 16.2. The second-order valence-corrected chi connectivity index (χ2v) is 8.31. The summed E-state index contributed by atoms with van der Waals surface area (Å²) in [7, 11) is 0. The molecule has 0 bridgehead atoms. The number of amides is 1. The van der Waals surface area contributed by atoms with Crippen molar-refractivity contribution >= 4 is 11.6 Å². The van der Waals surface area contributed by atoms with Crippen LogP contribution >= 0.6 is 0 Å². The Labute approximate surface area is 137 Å². The van der Waals surface area contributed by atoms with E-state index in [0.717, 1.165) is 19.4 Å². The minimum atomic E-state index is -0.145. The molecule has 0 aliphatic carbocycles. The third kappa shape index (κ3) is 2.84. The van der Waals surface area contributed by atoms with E-state index in [1.807, 2.05) is 17.2 Å². The van der Waals surface area contributed by atoms with Crippen LogP contribution in [-0.4, -0.2) is 37.5 Å². The van der Waals surface area contributed by atoms with Crippen LogP contribution in [0.5, 0.6) is 0 Å². The Morgan fingerprint density at radius 2 is 2.13 bits per heavy atom. The molecule has 2 aromatic heterocycles. The first-order valence-electron chi connectivity index (χ1n) is 8.30. The Morgan fingerprint density at radius 1 is 1.39 bits per heavy atom. The van der Waals surface area contributed by atoms with Crippen molar-refractivity contribution in [2.45, 2.75) is 53.0 Å². The van der Waals surface area contributed by atoms with Crippen molar-refractivity contribution in [3.8, 4) is 0 Å². The summed E-state index contributed by atoms with van der Waals surface area (Å²) in [5.41, 5.74) is 1.35. The number of fused-ring (bicyclic) bond motifs is 1. The Morgan fingerprint density at radius 3 is 2.83 bits per heavy atom. The molecule has 2 aromatic rings. The van der Waals surface area contributed by atoms with Gasteiger partial charge in [-0.1, -0.05) is 20.8 Å². The largest absolute Gasteiger partial charge is 0.333 e. The van der Waals surface area contributed by atoms with E-state index < -0.39 is 0 Å². The van der Waals surface area contributed by atoms with E-state index in [9.17, 15) is 4.79 Å². The fourth-order valence-electron chi connectivity index (χ4n) is 3.72. The van der Waals surface area contributed by atoms with E-state index >= 15 is 0 Å². The predicted octanol–water partition coefficient (Wildman–Crippen LogP) is 3.41. The molecular formula is C18H26N4O. The summed E-state index contributed by atoms with van der Waals surface area (Å²) in [5, 5.41) is 4.24. The van der Waals surface area contributed by atoms with Crippen molar-refractivity contribution in [3.63, 3.8) is 0 Å². The number of hydrogen-bond donors (Lipinski definition) is 0. The molecule has 0 aromatic carbocycles. The van der Waals surface area contributed by atoms with Crippen LogP contribution in [0, 0.1) is 11.3 Å². The molecule has 3 rings (SSSR count). The predicted molar refractivity (Wildman–Crippen MR) is 90.3 cm³/mol. The minimum Gasteiger partial charge on any atom is -0.333 e. The standard InChI is InChI=1S/C18H26N4O/c1-17(2,3)11-13-7-10-21(18(13,4)5)16(23)14-12-20-22-9-6-8-19-15(14)22/h6,8-9,12-13H,7,10-11H2,1-5H3. The molecule has 1 fully saturated rings. The Bertz CT molecular complexity index is 726. The van der Waals surface area contributed by atoms with Gasteiger partial charge in [0.15, 0.2) is 5.65 Å². The molecule has 0 saturated carbocycles. The average molecular weight is 314 g/mol. The molecule has 0 spiro atoms. The van der Waals surface area contributed by atoms with Crippen molar-refractivity contribution in [1.29, 1.82) is 0 Å². The molecule has 1 aliphatic rings. The van der Waals surface area contributed by atoms with E-state index in [0.29, 0.717) is 17.1 Å². The first kappa shape index (κ1) is 16.0. The summed E-state index contributed by atoms with van der Waals surface area (Å²) in [6.07, 6.45) is 7.33. The smallest absolute Gasteiger partial charge is 0.259 e. The summed E-state index contributed by atoms with van der Waals surface area (Å²) >= 11 is 0. The van der Waals surface area contributed by atoms with Gasteiger partial charge in [-0.3, -0.25) is 4.79 Å². The SMILES string of the molecule is CC(C)(C)CC1CCN(C(=O)c2cnn3cccnc23)C1(C)C. The van der Waals surface area contributed by atoms with E-state index in [-0.39, 0.29) is 16.9 Å². The maximum absolute atomic E-state index is 13.1. The number of carbonyl (C=O) groups is 1. The van der Waals surface area contributed by atoms with Crippen LogP contribution in [-0.2, 0) is 0 Å². The molecule has 5 nitrogen and oxygen atoms in total. The van der Waals surface area contributed by atoms with Crippen LogP contribution in [0.1, 0.15) is 57.8 Å². The molecule has 1 unspecified atom stereocenters. The van der Waals surface area contributed by atoms with Gasteiger partial charge in [0.2, 0.25) is 0 Å². The van der Waals surface area contributed by atoms with E-state index in [2.05, 4.69) is 44.7 Å². The molecule has 1 atom stereocenters. The van der Waals surface area contributed by atoms with Crippen molar-refractivity contribution in [1.82, 2.24) is 19.5 Å². The molecule has 0 N–H and O–H groups in total. The lowest BCUT2D eigenvalue weighted by atomic mass is 9.76. The van der Waals surface area contributed by atoms with E-state index in [1.54, 1.807) is 16.9 Å².